The molecule has 0 aliphatic rings. The fraction of sp³-hybridized carbons (Fsp3) is 0.278. The largest absolute Gasteiger partial charge is 0.467 e. The van der Waals surface area contributed by atoms with Gasteiger partial charge < -0.3 is 19.8 Å². The van der Waals surface area contributed by atoms with Crippen molar-refractivity contribution in [2.24, 2.45) is 0 Å². The van der Waals surface area contributed by atoms with Gasteiger partial charge in [-0.15, -0.1) is 0 Å². The summed E-state index contributed by atoms with van der Waals surface area (Å²) in [5, 5.41) is 5.37. The molecule has 1 aromatic heterocycles. The number of furan rings is 1. The highest BCUT2D eigenvalue weighted by Crippen LogP contribution is 2.16. The van der Waals surface area contributed by atoms with Crippen molar-refractivity contribution in [2.75, 3.05) is 11.9 Å². The Morgan fingerprint density at radius 3 is 2.60 bits per heavy atom. The first kappa shape index (κ1) is 18.3. The molecule has 1 aromatic carbocycles. The van der Waals surface area contributed by atoms with E-state index in [1.807, 2.05) is 0 Å². The van der Waals surface area contributed by atoms with Crippen LogP contribution in [-0.4, -0.2) is 24.4 Å². The van der Waals surface area contributed by atoms with Crippen molar-refractivity contribution in [2.45, 2.75) is 26.3 Å². The van der Waals surface area contributed by atoms with Crippen LogP contribution in [0.2, 0.25) is 0 Å². The Labute approximate surface area is 145 Å². The SMILES string of the molecule is CCOC(=O)CCC(=O)Nc1ccccc1C(=O)NCc1ccco1. The highest BCUT2D eigenvalue weighted by Gasteiger charge is 2.14. The van der Waals surface area contributed by atoms with Gasteiger partial charge in [0.2, 0.25) is 5.91 Å². The maximum Gasteiger partial charge on any atom is 0.306 e. The van der Waals surface area contributed by atoms with E-state index >= 15 is 0 Å². The van der Waals surface area contributed by atoms with Gasteiger partial charge in [0.15, 0.2) is 0 Å². The Bertz CT molecular complexity index is 725. The van der Waals surface area contributed by atoms with Crippen molar-refractivity contribution in [3.63, 3.8) is 0 Å². The van der Waals surface area contributed by atoms with E-state index in [0.717, 1.165) is 0 Å². The molecular formula is C18H20N2O5. The molecule has 0 unspecified atom stereocenters. The van der Waals surface area contributed by atoms with E-state index in [4.69, 9.17) is 9.15 Å². The van der Waals surface area contributed by atoms with Gasteiger partial charge in [0.25, 0.3) is 5.91 Å². The Morgan fingerprint density at radius 2 is 1.88 bits per heavy atom. The van der Waals surface area contributed by atoms with Crippen LogP contribution in [0.4, 0.5) is 5.69 Å². The van der Waals surface area contributed by atoms with Gasteiger partial charge in [-0.1, -0.05) is 12.1 Å². The molecule has 0 aliphatic heterocycles. The quantitative estimate of drug-likeness (QED) is 0.717. The van der Waals surface area contributed by atoms with E-state index in [0.29, 0.717) is 17.0 Å². The Kier molecular flexibility index (Phi) is 6.76. The predicted molar refractivity (Wildman–Crippen MR) is 90.8 cm³/mol. The first-order valence-corrected chi connectivity index (χ1v) is 7.95. The molecule has 7 heteroatoms. The van der Waals surface area contributed by atoms with Crippen LogP contribution in [0.15, 0.2) is 47.1 Å². The molecular weight excluding hydrogens is 324 g/mol. The van der Waals surface area contributed by atoms with Crippen LogP contribution in [-0.2, 0) is 20.9 Å². The van der Waals surface area contributed by atoms with E-state index in [1.165, 1.54) is 6.26 Å². The first-order valence-electron chi connectivity index (χ1n) is 7.95. The minimum atomic E-state index is -0.429. The number of benzene rings is 1. The summed E-state index contributed by atoms with van der Waals surface area (Å²) in [7, 11) is 0. The standard InChI is InChI=1S/C18H20N2O5/c1-2-24-17(22)10-9-16(21)20-15-8-4-3-7-14(15)18(23)19-12-13-6-5-11-25-13/h3-8,11H,2,9-10,12H2,1H3,(H,19,23)(H,20,21). The van der Waals surface area contributed by atoms with Crippen molar-refractivity contribution in [1.29, 1.82) is 0 Å². The highest BCUT2D eigenvalue weighted by atomic mass is 16.5. The summed E-state index contributed by atoms with van der Waals surface area (Å²) in [6.45, 7) is 2.23. The minimum absolute atomic E-state index is 0.00741. The lowest BCUT2D eigenvalue weighted by molar-refractivity contribution is -0.144. The highest BCUT2D eigenvalue weighted by molar-refractivity contribution is 6.04. The van der Waals surface area contributed by atoms with E-state index in [2.05, 4.69) is 10.6 Å². The van der Waals surface area contributed by atoms with Crippen molar-refractivity contribution >= 4 is 23.5 Å². The topological polar surface area (TPSA) is 97.6 Å². The zero-order chi connectivity index (χ0) is 18.1. The molecule has 0 saturated carbocycles. The molecule has 2 aromatic rings. The maximum atomic E-state index is 12.3. The molecule has 25 heavy (non-hydrogen) atoms. The summed E-state index contributed by atoms with van der Waals surface area (Å²) in [6.07, 6.45) is 1.51. The summed E-state index contributed by atoms with van der Waals surface area (Å²) < 4.78 is 9.94. The molecule has 0 aliphatic carbocycles. The molecule has 7 nitrogen and oxygen atoms in total. The molecule has 0 spiro atoms. The number of rotatable bonds is 8. The van der Waals surface area contributed by atoms with Gasteiger partial charge in [-0.2, -0.15) is 0 Å². The van der Waals surface area contributed by atoms with Gasteiger partial charge in [-0.3, -0.25) is 14.4 Å². The van der Waals surface area contributed by atoms with Crippen molar-refractivity contribution in [3.8, 4) is 0 Å². The molecule has 132 valence electrons. The van der Waals surface area contributed by atoms with E-state index in [9.17, 15) is 14.4 Å². The third kappa shape index (κ3) is 5.80. The normalized spacial score (nSPS) is 10.1. The summed E-state index contributed by atoms with van der Waals surface area (Å²) in [4.78, 5) is 35.6. The second kappa shape index (κ2) is 9.27. The number of para-hydroxylation sites is 1. The predicted octanol–water partition coefficient (Wildman–Crippen LogP) is 2.49. The maximum absolute atomic E-state index is 12.3. The molecule has 0 saturated heterocycles. The monoisotopic (exact) mass is 344 g/mol. The van der Waals surface area contributed by atoms with E-state index in [-0.39, 0.29) is 37.8 Å². The second-order valence-electron chi connectivity index (χ2n) is 5.16. The lowest BCUT2D eigenvalue weighted by Crippen LogP contribution is -2.24. The molecule has 0 radical (unpaired) electrons. The summed E-state index contributed by atoms with van der Waals surface area (Å²) in [5.41, 5.74) is 0.715. The van der Waals surface area contributed by atoms with Crippen molar-refractivity contribution in [3.05, 3.63) is 54.0 Å². The zero-order valence-corrected chi connectivity index (χ0v) is 13.9. The van der Waals surface area contributed by atoms with Gasteiger partial charge in [0.05, 0.1) is 37.1 Å². The van der Waals surface area contributed by atoms with Crippen LogP contribution in [0.1, 0.15) is 35.9 Å². The lowest BCUT2D eigenvalue weighted by Gasteiger charge is -2.11. The van der Waals surface area contributed by atoms with Gasteiger partial charge in [0.1, 0.15) is 5.76 Å². The van der Waals surface area contributed by atoms with Gasteiger partial charge in [-0.05, 0) is 31.2 Å². The summed E-state index contributed by atoms with van der Waals surface area (Å²) in [6, 6.07) is 10.1. The Morgan fingerprint density at radius 1 is 1.08 bits per heavy atom. The van der Waals surface area contributed by atoms with Gasteiger partial charge in [0, 0.05) is 6.42 Å². The first-order chi connectivity index (χ1) is 12.1. The number of carbonyl (C=O) groups excluding carboxylic acids is 3. The fourth-order valence-electron chi connectivity index (χ4n) is 2.13. The number of nitrogens with one attached hydrogen (secondary N) is 2. The van der Waals surface area contributed by atoms with Crippen LogP contribution in [0.25, 0.3) is 0 Å². The van der Waals surface area contributed by atoms with Crippen LogP contribution in [0.5, 0.6) is 0 Å². The van der Waals surface area contributed by atoms with Gasteiger partial charge >= 0.3 is 5.97 Å². The van der Waals surface area contributed by atoms with E-state index < -0.39 is 5.97 Å². The smallest absolute Gasteiger partial charge is 0.306 e. The average Bonchev–Trinajstić information content (AvgIpc) is 3.12. The van der Waals surface area contributed by atoms with Crippen molar-refractivity contribution < 1.29 is 23.5 Å². The molecule has 2 amide bonds. The number of carbonyl (C=O) groups is 3. The third-order valence-electron chi connectivity index (χ3n) is 3.31. The zero-order valence-electron chi connectivity index (χ0n) is 13.9. The molecule has 1 heterocycles. The number of esters is 1. The second-order valence-corrected chi connectivity index (χ2v) is 5.16. The molecule has 0 atom stereocenters. The van der Waals surface area contributed by atoms with E-state index in [1.54, 1.807) is 43.3 Å². The lowest BCUT2D eigenvalue weighted by atomic mass is 10.1. The molecule has 2 N–H and O–H groups in total. The molecule has 2 rings (SSSR count). The van der Waals surface area contributed by atoms with Gasteiger partial charge in [-0.25, -0.2) is 0 Å². The number of amides is 2. The number of hydrogen-bond acceptors (Lipinski definition) is 5. The Hall–Kier alpha value is -3.09. The summed E-state index contributed by atoms with van der Waals surface area (Å²) >= 11 is 0. The Balaban J connectivity index is 1.93. The van der Waals surface area contributed by atoms with Crippen LogP contribution in [0, 0.1) is 0 Å². The van der Waals surface area contributed by atoms with Crippen molar-refractivity contribution in [1.82, 2.24) is 5.32 Å². The number of ether oxygens (including phenoxy) is 1. The fourth-order valence-corrected chi connectivity index (χ4v) is 2.13. The molecule has 0 bridgehead atoms. The van der Waals surface area contributed by atoms with Crippen LogP contribution in [0.3, 0.4) is 0 Å². The number of anilines is 1. The number of hydrogen-bond donors (Lipinski definition) is 2. The molecule has 0 fully saturated rings. The third-order valence-corrected chi connectivity index (χ3v) is 3.31. The minimum Gasteiger partial charge on any atom is -0.467 e. The average molecular weight is 344 g/mol. The van der Waals surface area contributed by atoms with Crippen LogP contribution >= 0.6 is 0 Å². The van der Waals surface area contributed by atoms with Crippen LogP contribution < -0.4 is 10.6 Å². The summed E-state index contributed by atoms with van der Waals surface area (Å²) in [5.74, 6) is -0.497.